The van der Waals surface area contributed by atoms with Crippen molar-refractivity contribution in [2.45, 2.75) is 19.9 Å². The van der Waals surface area contributed by atoms with Crippen LogP contribution in [-0.2, 0) is 13.0 Å². The van der Waals surface area contributed by atoms with E-state index in [4.69, 9.17) is 5.73 Å². The molecule has 0 aliphatic rings. The summed E-state index contributed by atoms with van der Waals surface area (Å²) in [6, 6.07) is 12.0. The zero-order chi connectivity index (χ0) is 18.2. The summed E-state index contributed by atoms with van der Waals surface area (Å²) >= 11 is 0. The topological polar surface area (TPSA) is 79.5 Å². The van der Waals surface area contributed by atoms with Crippen LogP contribution in [0.4, 0.5) is 4.39 Å². The lowest BCUT2D eigenvalue weighted by Crippen LogP contribution is -2.37. The molecule has 0 heterocycles. The van der Waals surface area contributed by atoms with E-state index in [1.807, 2.05) is 13.0 Å². The van der Waals surface area contributed by atoms with Crippen LogP contribution in [0, 0.1) is 12.7 Å². The largest absolute Gasteiger partial charge is 0.366 e. The Morgan fingerprint density at radius 2 is 1.96 bits per heavy atom. The number of nitrogens with one attached hydrogen (secondary N) is 2. The number of rotatable bonds is 6. The molecule has 0 spiro atoms. The van der Waals surface area contributed by atoms with Crippen LogP contribution in [0.1, 0.15) is 27.0 Å². The normalized spacial score (nSPS) is 10.8. The zero-order valence-electron chi connectivity index (χ0n) is 14.9. The number of benzene rings is 2. The second-order valence-electron chi connectivity index (χ2n) is 5.74. The van der Waals surface area contributed by atoms with Gasteiger partial charge in [0.1, 0.15) is 5.82 Å². The molecule has 26 heavy (non-hydrogen) atoms. The number of aryl methyl sites for hydroxylation is 1. The fourth-order valence-electron chi connectivity index (χ4n) is 2.50. The Morgan fingerprint density at radius 3 is 2.62 bits per heavy atom. The SMILES string of the molecule is CN=C(NCCc1ccc(F)cc1C)NCc1cccc(C(N)=O)c1.I. The summed E-state index contributed by atoms with van der Waals surface area (Å²) < 4.78 is 13.1. The van der Waals surface area contributed by atoms with Crippen LogP contribution in [0.25, 0.3) is 0 Å². The fourth-order valence-corrected chi connectivity index (χ4v) is 2.50. The van der Waals surface area contributed by atoms with Crippen molar-refractivity contribution in [1.82, 2.24) is 10.6 Å². The van der Waals surface area contributed by atoms with Crippen LogP contribution < -0.4 is 16.4 Å². The lowest BCUT2D eigenvalue weighted by atomic mass is 10.1. The molecule has 140 valence electrons. The number of amides is 1. The predicted octanol–water partition coefficient (Wildman–Crippen LogP) is 2.76. The second-order valence-corrected chi connectivity index (χ2v) is 5.74. The number of nitrogens with two attached hydrogens (primary N) is 1. The maximum atomic E-state index is 13.1. The summed E-state index contributed by atoms with van der Waals surface area (Å²) in [6.07, 6.45) is 0.768. The van der Waals surface area contributed by atoms with Crippen LogP contribution in [0.2, 0.25) is 0 Å². The van der Waals surface area contributed by atoms with Crippen molar-refractivity contribution in [1.29, 1.82) is 0 Å². The quantitative estimate of drug-likeness (QED) is 0.345. The molecule has 0 fully saturated rings. The highest BCUT2D eigenvalue weighted by molar-refractivity contribution is 14.0. The molecule has 1 amide bonds. The lowest BCUT2D eigenvalue weighted by Gasteiger charge is -2.13. The van der Waals surface area contributed by atoms with Crippen molar-refractivity contribution < 1.29 is 9.18 Å². The molecular weight excluding hydrogens is 446 g/mol. The summed E-state index contributed by atoms with van der Waals surface area (Å²) in [5, 5.41) is 6.41. The van der Waals surface area contributed by atoms with Gasteiger partial charge in [0.25, 0.3) is 0 Å². The number of hydrogen-bond acceptors (Lipinski definition) is 2. The van der Waals surface area contributed by atoms with Gasteiger partial charge in [-0.2, -0.15) is 0 Å². The fraction of sp³-hybridized carbons (Fsp3) is 0.263. The number of hydrogen-bond donors (Lipinski definition) is 3. The monoisotopic (exact) mass is 470 g/mol. The third kappa shape index (κ3) is 6.62. The van der Waals surface area contributed by atoms with E-state index in [1.54, 1.807) is 31.3 Å². The van der Waals surface area contributed by atoms with Gasteiger partial charge in [-0.3, -0.25) is 9.79 Å². The van der Waals surface area contributed by atoms with E-state index in [9.17, 15) is 9.18 Å². The smallest absolute Gasteiger partial charge is 0.248 e. The third-order valence-corrected chi connectivity index (χ3v) is 3.89. The van der Waals surface area contributed by atoms with Gasteiger partial charge in [-0.15, -0.1) is 24.0 Å². The Morgan fingerprint density at radius 1 is 1.19 bits per heavy atom. The van der Waals surface area contributed by atoms with Crippen molar-refractivity contribution in [3.05, 3.63) is 70.5 Å². The van der Waals surface area contributed by atoms with Crippen molar-refractivity contribution in [2.75, 3.05) is 13.6 Å². The van der Waals surface area contributed by atoms with Gasteiger partial charge in [-0.25, -0.2) is 4.39 Å². The van der Waals surface area contributed by atoms with E-state index in [2.05, 4.69) is 15.6 Å². The molecule has 7 heteroatoms. The Kier molecular flexibility index (Phi) is 9.04. The molecule has 5 nitrogen and oxygen atoms in total. The average Bonchev–Trinajstić information content (AvgIpc) is 2.59. The van der Waals surface area contributed by atoms with E-state index < -0.39 is 5.91 Å². The van der Waals surface area contributed by atoms with Crippen LogP contribution in [0.5, 0.6) is 0 Å². The Balaban J connectivity index is 0.00000338. The summed E-state index contributed by atoms with van der Waals surface area (Å²) in [4.78, 5) is 15.4. The Hall–Kier alpha value is -2.16. The molecule has 0 aromatic heterocycles. The Labute approximate surface area is 170 Å². The van der Waals surface area contributed by atoms with E-state index in [0.717, 1.165) is 23.1 Å². The molecule has 2 rings (SSSR count). The maximum Gasteiger partial charge on any atom is 0.248 e. The number of aliphatic imine (C=N–C) groups is 1. The molecule has 0 aliphatic heterocycles. The second kappa shape index (κ2) is 10.7. The van der Waals surface area contributed by atoms with Gasteiger partial charge in [0.05, 0.1) is 0 Å². The van der Waals surface area contributed by atoms with Crippen LogP contribution in [-0.4, -0.2) is 25.5 Å². The van der Waals surface area contributed by atoms with Gasteiger partial charge in [0.15, 0.2) is 5.96 Å². The van der Waals surface area contributed by atoms with Crippen molar-refractivity contribution in [3.63, 3.8) is 0 Å². The first-order valence-corrected chi connectivity index (χ1v) is 8.08. The maximum absolute atomic E-state index is 13.1. The first-order valence-electron chi connectivity index (χ1n) is 8.08. The molecule has 0 bridgehead atoms. The van der Waals surface area contributed by atoms with E-state index in [0.29, 0.717) is 24.6 Å². The van der Waals surface area contributed by atoms with Crippen molar-refractivity contribution >= 4 is 35.8 Å². The van der Waals surface area contributed by atoms with E-state index in [1.165, 1.54) is 12.1 Å². The molecule has 4 N–H and O–H groups in total. The lowest BCUT2D eigenvalue weighted by molar-refractivity contribution is 0.1000. The highest BCUT2D eigenvalue weighted by Gasteiger charge is 2.04. The zero-order valence-corrected chi connectivity index (χ0v) is 17.2. The van der Waals surface area contributed by atoms with Gasteiger partial charge in [0, 0.05) is 25.7 Å². The van der Waals surface area contributed by atoms with Crippen LogP contribution >= 0.6 is 24.0 Å². The molecule has 0 saturated carbocycles. The number of primary amides is 1. The van der Waals surface area contributed by atoms with Crippen molar-refractivity contribution in [3.8, 4) is 0 Å². The highest BCUT2D eigenvalue weighted by Crippen LogP contribution is 2.10. The summed E-state index contributed by atoms with van der Waals surface area (Å²) in [7, 11) is 1.69. The molecule has 0 unspecified atom stereocenters. The number of carbonyl (C=O) groups is 1. The minimum Gasteiger partial charge on any atom is -0.366 e. The molecular formula is C19H24FIN4O. The minimum atomic E-state index is -0.445. The van der Waals surface area contributed by atoms with Gasteiger partial charge >= 0.3 is 0 Å². The van der Waals surface area contributed by atoms with E-state index >= 15 is 0 Å². The van der Waals surface area contributed by atoms with Gasteiger partial charge in [0.2, 0.25) is 5.91 Å². The van der Waals surface area contributed by atoms with E-state index in [-0.39, 0.29) is 29.8 Å². The summed E-state index contributed by atoms with van der Waals surface area (Å²) in [6.45, 7) is 3.10. The summed E-state index contributed by atoms with van der Waals surface area (Å²) in [5.74, 6) is -0.00635. The highest BCUT2D eigenvalue weighted by atomic mass is 127. The number of nitrogens with zero attached hydrogens (tertiary/aromatic N) is 1. The first-order chi connectivity index (χ1) is 12.0. The molecule has 0 radical (unpaired) electrons. The molecule has 2 aromatic rings. The standard InChI is InChI=1S/C19H23FN4O.HI/c1-13-10-17(20)7-6-15(13)8-9-23-19(22-2)24-12-14-4-3-5-16(11-14)18(21)25;/h3-7,10-11H,8-9,12H2,1-2H3,(H2,21,25)(H2,22,23,24);1H. The molecule has 2 aromatic carbocycles. The average molecular weight is 470 g/mol. The first kappa shape index (κ1) is 21.9. The van der Waals surface area contributed by atoms with Crippen molar-refractivity contribution in [2.24, 2.45) is 10.7 Å². The van der Waals surface area contributed by atoms with Gasteiger partial charge in [-0.05, 0) is 54.3 Å². The van der Waals surface area contributed by atoms with Gasteiger partial charge < -0.3 is 16.4 Å². The summed E-state index contributed by atoms with van der Waals surface area (Å²) in [5.41, 5.74) is 8.74. The number of guanidine groups is 1. The number of halogens is 2. The minimum absolute atomic E-state index is 0. The predicted molar refractivity (Wildman–Crippen MR) is 113 cm³/mol. The Bertz CT molecular complexity index is 780. The third-order valence-electron chi connectivity index (χ3n) is 3.89. The molecule has 0 atom stereocenters. The molecule has 0 saturated heterocycles. The number of carbonyl (C=O) groups excluding carboxylic acids is 1. The molecule has 0 aliphatic carbocycles. The van der Waals surface area contributed by atoms with Crippen LogP contribution in [0.3, 0.4) is 0 Å². The van der Waals surface area contributed by atoms with Crippen LogP contribution in [0.15, 0.2) is 47.5 Å². The van der Waals surface area contributed by atoms with Gasteiger partial charge in [-0.1, -0.05) is 18.2 Å².